The molecule has 76 valence electrons. The summed E-state index contributed by atoms with van der Waals surface area (Å²) in [5.74, 6) is 0.810. The summed E-state index contributed by atoms with van der Waals surface area (Å²) in [6.07, 6.45) is 7.52. The van der Waals surface area contributed by atoms with Gasteiger partial charge in [0.05, 0.1) is 0 Å². The number of halogens is 1. The van der Waals surface area contributed by atoms with Crippen molar-refractivity contribution in [2.24, 2.45) is 0 Å². The zero-order valence-electron chi connectivity index (χ0n) is 8.56. The van der Waals surface area contributed by atoms with E-state index in [0.717, 1.165) is 12.3 Å². The van der Waals surface area contributed by atoms with Gasteiger partial charge in [-0.1, -0.05) is 24.6 Å². The molecule has 0 radical (unpaired) electrons. The Balaban J connectivity index is 1.81. The average Bonchev–Trinajstić information content (AvgIpc) is 2.16. The molecule has 0 aromatic heterocycles. The number of alkyl halides is 1. The van der Waals surface area contributed by atoms with Crippen molar-refractivity contribution >= 4 is 11.6 Å². The Morgan fingerprint density at radius 2 is 1.86 bits per heavy atom. The van der Waals surface area contributed by atoms with Crippen LogP contribution in [0.25, 0.3) is 0 Å². The second-order valence-corrected chi connectivity index (χ2v) is 4.48. The van der Waals surface area contributed by atoms with Crippen molar-refractivity contribution in [3.8, 4) is 0 Å². The Labute approximate surface area is 91.3 Å². The van der Waals surface area contributed by atoms with Crippen LogP contribution in [0.3, 0.4) is 0 Å². The second kappa shape index (κ2) is 4.84. The summed E-state index contributed by atoms with van der Waals surface area (Å²) in [5, 5.41) is 0. The Bertz CT molecular complexity index is 304. The van der Waals surface area contributed by atoms with Gasteiger partial charge in [0.1, 0.15) is 0 Å². The maximum Gasteiger partial charge on any atom is 0.0223 e. The topological polar surface area (TPSA) is 0 Å². The summed E-state index contributed by atoms with van der Waals surface area (Å²) in [5.41, 5.74) is 4.66. The Hall–Kier alpha value is -0.490. The molecule has 0 amide bonds. The summed E-state index contributed by atoms with van der Waals surface area (Å²) in [7, 11) is 0. The molecule has 0 saturated heterocycles. The third kappa shape index (κ3) is 2.30. The highest BCUT2D eigenvalue weighted by Gasteiger charge is 2.12. The van der Waals surface area contributed by atoms with Crippen LogP contribution in [0.2, 0.25) is 0 Å². The monoisotopic (exact) mass is 208 g/mol. The van der Waals surface area contributed by atoms with Crippen LogP contribution in [0.4, 0.5) is 0 Å². The van der Waals surface area contributed by atoms with Crippen molar-refractivity contribution in [1.82, 2.24) is 0 Å². The molecule has 2 rings (SSSR count). The van der Waals surface area contributed by atoms with Gasteiger partial charge < -0.3 is 0 Å². The molecule has 0 N–H and O–H groups in total. The van der Waals surface area contributed by atoms with Crippen LogP contribution in [0, 0.1) is 0 Å². The smallest absolute Gasteiger partial charge is 0.0223 e. The highest BCUT2D eigenvalue weighted by molar-refractivity contribution is 6.17. The number of fused-ring (bicyclic) bond motifs is 1. The lowest BCUT2D eigenvalue weighted by atomic mass is 9.86. The van der Waals surface area contributed by atoms with Gasteiger partial charge in [0, 0.05) is 5.88 Å². The summed E-state index contributed by atoms with van der Waals surface area (Å²) in [6.45, 7) is 0. The van der Waals surface area contributed by atoms with Crippen molar-refractivity contribution in [3.05, 3.63) is 34.9 Å². The maximum atomic E-state index is 5.64. The largest absolute Gasteiger partial charge is 0.127 e. The molecule has 1 aromatic carbocycles. The van der Waals surface area contributed by atoms with E-state index in [2.05, 4.69) is 18.2 Å². The van der Waals surface area contributed by atoms with Crippen LogP contribution >= 0.6 is 11.6 Å². The number of benzene rings is 1. The van der Waals surface area contributed by atoms with Gasteiger partial charge in [-0.2, -0.15) is 0 Å². The van der Waals surface area contributed by atoms with E-state index >= 15 is 0 Å². The van der Waals surface area contributed by atoms with Crippen LogP contribution in [-0.2, 0) is 19.3 Å². The Kier molecular flexibility index (Phi) is 3.47. The first-order valence-corrected chi connectivity index (χ1v) is 6.10. The second-order valence-electron chi connectivity index (χ2n) is 4.10. The van der Waals surface area contributed by atoms with E-state index in [1.807, 2.05) is 0 Å². The summed E-state index contributed by atoms with van der Waals surface area (Å²) >= 11 is 5.64. The lowest BCUT2D eigenvalue weighted by molar-refractivity contribution is 0.717. The van der Waals surface area contributed by atoms with Crippen LogP contribution < -0.4 is 0 Å². The molecule has 0 saturated carbocycles. The third-order valence-electron chi connectivity index (χ3n) is 3.03. The number of hydrogen-bond acceptors (Lipinski definition) is 0. The molecule has 0 fully saturated rings. The third-order valence-corrected chi connectivity index (χ3v) is 3.30. The Morgan fingerprint density at radius 1 is 1.00 bits per heavy atom. The van der Waals surface area contributed by atoms with Gasteiger partial charge in [0.25, 0.3) is 0 Å². The van der Waals surface area contributed by atoms with Crippen molar-refractivity contribution < 1.29 is 0 Å². The maximum absolute atomic E-state index is 5.64. The van der Waals surface area contributed by atoms with Gasteiger partial charge in [0.15, 0.2) is 0 Å². The first-order valence-electron chi connectivity index (χ1n) is 5.57. The molecule has 0 bridgehead atoms. The molecule has 1 aromatic rings. The first kappa shape index (κ1) is 10.0. The zero-order valence-corrected chi connectivity index (χ0v) is 9.32. The van der Waals surface area contributed by atoms with Crippen molar-refractivity contribution in [1.29, 1.82) is 0 Å². The standard InChI is InChI=1S/C13H17Cl/c14-9-3-1-2-4-11-5-6-12-7-8-13(12)10-11/h5-6,10H,1-4,7-9H2. The number of rotatable bonds is 5. The van der Waals surface area contributed by atoms with E-state index in [0.29, 0.717) is 0 Å². The number of hydrogen-bond donors (Lipinski definition) is 0. The van der Waals surface area contributed by atoms with E-state index in [9.17, 15) is 0 Å². The van der Waals surface area contributed by atoms with E-state index in [1.54, 1.807) is 11.1 Å². The first-order chi connectivity index (χ1) is 6.90. The minimum Gasteiger partial charge on any atom is -0.127 e. The van der Waals surface area contributed by atoms with Crippen LogP contribution in [0.5, 0.6) is 0 Å². The highest BCUT2D eigenvalue weighted by atomic mass is 35.5. The molecule has 1 aliphatic carbocycles. The minimum atomic E-state index is 0.810. The normalized spacial score (nSPS) is 13.5. The minimum absolute atomic E-state index is 0.810. The Morgan fingerprint density at radius 3 is 2.50 bits per heavy atom. The predicted molar refractivity (Wildman–Crippen MR) is 62.1 cm³/mol. The zero-order chi connectivity index (χ0) is 9.80. The fraction of sp³-hybridized carbons (Fsp3) is 0.538. The fourth-order valence-corrected chi connectivity index (χ4v) is 2.19. The molecule has 0 spiro atoms. The molecule has 1 aliphatic rings. The summed E-state index contributed by atoms with van der Waals surface area (Å²) < 4.78 is 0. The van der Waals surface area contributed by atoms with Gasteiger partial charge in [-0.05, 0) is 48.8 Å². The molecule has 0 unspecified atom stereocenters. The van der Waals surface area contributed by atoms with Gasteiger partial charge >= 0.3 is 0 Å². The van der Waals surface area contributed by atoms with Gasteiger partial charge in [0.2, 0.25) is 0 Å². The highest BCUT2D eigenvalue weighted by Crippen LogP contribution is 2.24. The molecule has 0 aliphatic heterocycles. The quantitative estimate of drug-likeness (QED) is 0.511. The van der Waals surface area contributed by atoms with E-state index in [4.69, 9.17) is 11.6 Å². The van der Waals surface area contributed by atoms with Gasteiger partial charge in [-0.3, -0.25) is 0 Å². The molecular formula is C13H17Cl. The van der Waals surface area contributed by atoms with Gasteiger partial charge in [-0.15, -0.1) is 11.6 Å². The molecular weight excluding hydrogens is 192 g/mol. The van der Waals surface area contributed by atoms with Crippen LogP contribution in [0.1, 0.15) is 36.0 Å². The molecule has 14 heavy (non-hydrogen) atoms. The fourth-order valence-electron chi connectivity index (χ4n) is 2.00. The molecule has 0 atom stereocenters. The van der Waals surface area contributed by atoms with E-state index in [-0.39, 0.29) is 0 Å². The van der Waals surface area contributed by atoms with Crippen molar-refractivity contribution in [2.75, 3.05) is 5.88 Å². The van der Waals surface area contributed by atoms with Crippen LogP contribution in [0.15, 0.2) is 18.2 Å². The molecule has 0 nitrogen and oxygen atoms in total. The van der Waals surface area contributed by atoms with E-state index < -0.39 is 0 Å². The SMILES string of the molecule is ClCCCCCc1ccc2c(c1)CC2. The lowest BCUT2D eigenvalue weighted by Crippen LogP contribution is -2.08. The molecule has 0 heterocycles. The van der Waals surface area contributed by atoms with Gasteiger partial charge in [-0.25, -0.2) is 0 Å². The lowest BCUT2D eigenvalue weighted by Gasteiger charge is -2.19. The summed E-state index contributed by atoms with van der Waals surface area (Å²) in [4.78, 5) is 0. The molecule has 1 heteroatoms. The van der Waals surface area contributed by atoms with Crippen molar-refractivity contribution in [2.45, 2.75) is 38.5 Å². The van der Waals surface area contributed by atoms with Crippen LogP contribution in [-0.4, -0.2) is 5.88 Å². The van der Waals surface area contributed by atoms with E-state index in [1.165, 1.54) is 37.7 Å². The predicted octanol–water partition coefficient (Wildman–Crippen LogP) is 3.74. The number of aryl methyl sites for hydroxylation is 3. The number of unbranched alkanes of at least 4 members (excludes halogenated alkanes) is 2. The average molecular weight is 209 g/mol. The summed E-state index contributed by atoms with van der Waals surface area (Å²) in [6, 6.07) is 6.98. The van der Waals surface area contributed by atoms with Crippen molar-refractivity contribution in [3.63, 3.8) is 0 Å².